The number of benzene rings is 3. The first-order valence-corrected chi connectivity index (χ1v) is 17.5. The number of rotatable bonds is 8. The fraction of sp³-hybridized carbons (Fsp3) is 0.222. The van der Waals surface area contributed by atoms with Gasteiger partial charge in [0.25, 0.3) is 0 Å². The fourth-order valence-electron chi connectivity index (χ4n) is 6.55. The van der Waals surface area contributed by atoms with Crippen molar-refractivity contribution < 1.29 is 0 Å². The third-order valence-corrected chi connectivity index (χ3v) is 11.1. The van der Waals surface area contributed by atoms with Gasteiger partial charge in [-0.1, -0.05) is 77.3 Å². The van der Waals surface area contributed by atoms with Crippen molar-refractivity contribution in [1.82, 2.24) is 29.3 Å². The van der Waals surface area contributed by atoms with E-state index in [1.165, 1.54) is 5.56 Å². The number of para-hydroxylation sites is 2. The Morgan fingerprint density at radius 3 is 2.17 bits per heavy atom. The van der Waals surface area contributed by atoms with Crippen molar-refractivity contribution in [2.24, 2.45) is 4.99 Å². The molecule has 6 aromatic rings. The Hall–Kier alpha value is -5.02. The van der Waals surface area contributed by atoms with E-state index in [2.05, 4.69) is 51.6 Å². The predicted molar refractivity (Wildman–Crippen MR) is 191 cm³/mol. The second-order valence-corrected chi connectivity index (χ2v) is 13.7. The van der Waals surface area contributed by atoms with Crippen molar-refractivity contribution in [3.63, 3.8) is 0 Å². The number of nitrogens with zero attached hydrogens (tertiary/aromatic N) is 8. The van der Waals surface area contributed by atoms with Gasteiger partial charge in [0.15, 0.2) is 6.04 Å². The molecule has 0 spiro atoms. The van der Waals surface area contributed by atoms with Crippen LogP contribution in [0, 0.1) is 11.3 Å². The Kier molecular flexibility index (Phi) is 7.90. The average Bonchev–Trinajstić information content (AvgIpc) is 3.90. The molecule has 3 aromatic heterocycles. The summed E-state index contributed by atoms with van der Waals surface area (Å²) in [5.41, 5.74) is 3.72. The predicted octanol–water partition coefficient (Wildman–Crippen LogP) is 7.64. The number of nitriles is 1. The number of quaternary nitrogens is 1. The lowest BCUT2D eigenvalue weighted by Gasteiger charge is -2.42. The average molecular weight is 655 g/mol. The molecule has 8 rings (SSSR count). The molecule has 0 bridgehead atoms. The van der Waals surface area contributed by atoms with Gasteiger partial charge in [-0.15, -0.1) is 4.48 Å². The minimum Gasteiger partial charge on any atom is -0.354 e. The topological polar surface area (TPSA) is 103 Å². The molecule has 9 nitrogen and oxygen atoms in total. The van der Waals surface area contributed by atoms with E-state index in [9.17, 15) is 5.26 Å². The van der Waals surface area contributed by atoms with Crippen LogP contribution in [-0.2, 0) is 6.42 Å². The summed E-state index contributed by atoms with van der Waals surface area (Å²) in [4.78, 5) is 27.5. The minimum absolute atomic E-state index is 0.119. The van der Waals surface area contributed by atoms with Crippen LogP contribution < -0.4 is 9.80 Å². The first-order chi connectivity index (χ1) is 23.2. The van der Waals surface area contributed by atoms with Crippen LogP contribution in [0.4, 0.5) is 16.2 Å². The maximum Gasteiger partial charge on any atom is 0.319 e. The zero-order valence-electron chi connectivity index (χ0n) is 25.6. The van der Waals surface area contributed by atoms with Crippen molar-refractivity contribution in [1.29, 1.82) is 5.26 Å². The van der Waals surface area contributed by atoms with Crippen LogP contribution >= 0.6 is 22.7 Å². The van der Waals surface area contributed by atoms with Gasteiger partial charge in [0.2, 0.25) is 5.95 Å². The van der Waals surface area contributed by atoms with Gasteiger partial charge in [-0.05, 0) is 61.2 Å². The fourth-order valence-corrected chi connectivity index (χ4v) is 8.89. The molecular formula is C36H32N9S2+. The summed E-state index contributed by atoms with van der Waals surface area (Å²) in [6.45, 7) is 2.45. The van der Waals surface area contributed by atoms with Crippen molar-refractivity contribution >= 4 is 65.3 Å². The lowest BCUT2D eigenvalue weighted by atomic mass is 9.93. The smallest absolute Gasteiger partial charge is 0.319 e. The van der Waals surface area contributed by atoms with Gasteiger partial charge in [0.1, 0.15) is 5.92 Å². The van der Waals surface area contributed by atoms with Gasteiger partial charge in [-0.2, -0.15) is 20.2 Å². The lowest BCUT2D eigenvalue weighted by molar-refractivity contribution is 0.358. The van der Waals surface area contributed by atoms with Crippen LogP contribution in [0.5, 0.6) is 0 Å². The molecule has 0 amide bonds. The number of aliphatic imine (C=N–C) groups is 1. The Labute approximate surface area is 280 Å². The SMILES string of the molecule is N#CC(c1ccnc(NCCc2ccccc2)n1)C1C=CN=C(N2CCCC2)[N+]1(c1nc2ccccc2s1)c1nc2ccccc2s1. The molecule has 232 valence electrons. The Morgan fingerprint density at radius 2 is 1.51 bits per heavy atom. The van der Waals surface area contributed by atoms with E-state index >= 15 is 0 Å². The van der Waals surface area contributed by atoms with E-state index in [4.69, 9.17) is 19.9 Å². The third-order valence-electron chi connectivity index (χ3n) is 8.81. The molecule has 11 heteroatoms. The molecule has 5 heterocycles. The van der Waals surface area contributed by atoms with Crippen molar-refractivity contribution in [2.45, 2.75) is 31.2 Å². The van der Waals surface area contributed by atoms with Gasteiger partial charge in [-0.25, -0.2) is 9.97 Å². The highest BCUT2D eigenvalue weighted by atomic mass is 32.1. The number of fused-ring (bicyclic) bond motifs is 2. The number of anilines is 1. The molecule has 1 N–H and O–H groups in total. The second kappa shape index (κ2) is 12.6. The Morgan fingerprint density at radius 1 is 0.851 bits per heavy atom. The summed E-state index contributed by atoms with van der Waals surface area (Å²) in [5.74, 6) is 0.699. The van der Waals surface area contributed by atoms with Crippen molar-refractivity contribution in [3.8, 4) is 6.07 Å². The summed E-state index contributed by atoms with van der Waals surface area (Å²) in [6, 6.07) is 30.8. The summed E-state index contributed by atoms with van der Waals surface area (Å²) in [5, 5.41) is 16.1. The number of nitrogens with one attached hydrogen (secondary N) is 1. The number of aromatic nitrogens is 4. The Balaban J connectivity index is 1.28. The van der Waals surface area contributed by atoms with Crippen LogP contribution in [0.3, 0.4) is 0 Å². The van der Waals surface area contributed by atoms with Crippen LogP contribution in [0.1, 0.15) is 30.0 Å². The highest BCUT2D eigenvalue weighted by Crippen LogP contribution is 2.50. The number of hydrogen-bond acceptors (Lipinski definition) is 10. The molecule has 2 unspecified atom stereocenters. The first kappa shape index (κ1) is 29.4. The van der Waals surface area contributed by atoms with E-state index < -0.39 is 12.0 Å². The lowest BCUT2D eigenvalue weighted by Crippen LogP contribution is -2.64. The maximum atomic E-state index is 11.0. The minimum atomic E-state index is -0.656. The van der Waals surface area contributed by atoms with Crippen LogP contribution in [0.15, 0.2) is 108 Å². The monoisotopic (exact) mass is 654 g/mol. The molecule has 47 heavy (non-hydrogen) atoms. The number of thiazole rings is 2. The Bertz CT molecular complexity index is 2000. The van der Waals surface area contributed by atoms with Crippen LogP contribution in [-0.4, -0.2) is 56.5 Å². The molecule has 0 saturated carbocycles. The molecule has 1 saturated heterocycles. The molecular weight excluding hydrogens is 623 g/mol. The number of likely N-dealkylation sites (tertiary alicyclic amines) is 1. The van der Waals surface area contributed by atoms with Gasteiger partial charge < -0.3 is 10.2 Å². The maximum absolute atomic E-state index is 11.0. The highest BCUT2D eigenvalue weighted by Gasteiger charge is 2.58. The highest BCUT2D eigenvalue weighted by molar-refractivity contribution is 7.24. The molecule has 0 aliphatic carbocycles. The van der Waals surface area contributed by atoms with E-state index in [0.29, 0.717) is 18.2 Å². The number of guanidine groups is 1. The zero-order chi connectivity index (χ0) is 31.6. The van der Waals surface area contributed by atoms with Gasteiger partial charge in [-0.3, -0.25) is 0 Å². The summed E-state index contributed by atoms with van der Waals surface area (Å²) >= 11 is 3.28. The first-order valence-electron chi connectivity index (χ1n) is 15.9. The molecule has 1 fully saturated rings. The van der Waals surface area contributed by atoms with E-state index in [1.807, 2.05) is 66.9 Å². The standard InChI is InChI=1S/C36H32N9S2/c37-24-26(27-17-20-39-33(41-27)38-19-16-25-10-2-1-3-11-25)30-18-21-40-34(44-22-8-9-23-44)45(30,35-42-28-12-4-6-14-31(28)46-35)36-43-29-13-5-7-15-32(29)47-36/h1-7,10-15,17-18,20-21,26,30H,8-9,16,19,22-23H2,(H,38,39,41)/q+1. The largest absolute Gasteiger partial charge is 0.354 e. The molecule has 3 aromatic carbocycles. The summed E-state index contributed by atoms with van der Waals surface area (Å²) < 4.78 is 2.28. The molecule has 2 aliphatic rings. The summed E-state index contributed by atoms with van der Waals surface area (Å²) in [6.07, 6.45) is 8.66. The normalized spacial score (nSPS) is 17.9. The van der Waals surface area contributed by atoms with Crippen LogP contribution in [0.25, 0.3) is 20.4 Å². The number of hydrogen-bond donors (Lipinski definition) is 1. The van der Waals surface area contributed by atoms with Gasteiger partial charge in [0, 0.05) is 32.0 Å². The van der Waals surface area contributed by atoms with Crippen molar-refractivity contribution in [3.05, 3.63) is 115 Å². The second-order valence-electron chi connectivity index (χ2n) is 11.7. The zero-order valence-corrected chi connectivity index (χ0v) is 27.2. The molecule has 0 radical (unpaired) electrons. The van der Waals surface area contributed by atoms with E-state index in [1.54, 1.807) is 28.9 Å². The summed E-state index contributed by atoms with van der Waals surface area (Å²) in [7, 11) is 0. The van der Waals surface area contributed by atoms with Crippen LogP contribution in [0.2, 0.25) is 0 Å². The van der Waals surface area contributed by atoms with Gasteiger partial charge >= 0.3 is 16.2 Å². The quantitative estimate of drug-likeness (QED) is 0.168. The van der Waals surface area contributed by atoms with Crippen molar-refractivity contribution in [2.75, 3.05) is 25.0 Å². The van der Waals surface area contributed by atoms with Gasteiger partial charge in [0.05, 0.1) is 32.2 Å². The molecule has 2 atom stereocenters. The van der Waals surface area contributed by atoms with E-state index in [0.717, 1.165) is 69.0 Å². The third kappa shape index (κ3) is 5.34. The van der Waals surface area contributed by atoms with E-state index in [-0.39, 0.29) is 4.48 Å². The molecule has 2 aliphatic heterocycles.